The van der Waals surface area contributed by atoms with Crippen molar-refractivity contribution in [2.45, 2.75) is 84.2 Å². The molecule has 1 unspecified atom stereocenters. The molecule has 3 N–H and O–H groups in total. The van der Waals surface area contributed by atoms with Gasteiger partial charge in [-0.15, -0.1) is 0 Å². The van der Waals surface area contributed by atoms with Gasteiger partial charge in [0.2, 0.25) is 0 Å². The van der Waals surface area contributed by atoms with Crippen LogP contribution in [0.15, 0.2) is 48.5 Å². The third-order valence-electron chi connectivity index (χ3n) is 5.01. The number of para-hydroxylation sites is 1. The van der Waals surface area contributed by atoms with Gasteiger partial charge in [0.15, 0.2) is 11.5 Å². The highest BCUT2D eigenvalue weighted by Gasteiger charge is 2.37. The predicted molar refractivity (Wildman–Crippen MR) is 146 cm³/mol. The Hall–Kier alpha value is -4.32. The molecule has 0 aliphatic rings. The Morgan fingerprint density at radius 1 is 0.780 bits per heavy atom. The van der Waals surface area contributed by atoms with E-state index < -0.39 is 47.3 Å². The molecule has 0 spiro atoms. The molecule has 2 aromatic carbocycles. The number of rotatable bonds is 9. The Balaban J connectivity index is 2.25. The lowest BCUT2D eigenvalue weighted by atomic mass is 9.86. The Labute approximate surface area is 238 Å². The van der Waals surface area contributed by atoms with Gasteiger partial charge in [0, 0.05) is 12.8 Å². The van der Waals surface area contributed by atoms with Crippen LogP contribution in [0.5, 0.6) is 17.2 Å². The zero-order chi connectivity index (χ0) is 31.0. The topological polar surface area (TPSA) is 170 Å². The van der Waals surface area contributed by atoms with Gasteiger partial charge in [0.1, 0.15) is 28.6 Å². The van der Waals surface area contributed by atoms with Gasteiger partial charge in [-0.3, -0.25) is 4.79 Å². The molecule has 0 aliphatic carbocycles. The molecule has 2 rings (SSSR count). The summed E-state index contributed by atoms with van der Waals surface area (Å²) in [5.74, 6) is -1.51. The molecular formula is C29H37NO11. The van der Waals surface area contributed by atoms with Gasteiger partial charge >= 0.3 is 24.4 Å². The monoisotopic (exact) mass is 575 g/mol. The van der Waals surface area contributed by atoms with Crippen LogP contribution >= 0.6 is 0 Å². The molecule has 0 saturated heterocycles. The standard InChI is InChI=1S/C29H37NO11/c1-18(36-24(33)37-20-11-9-8-10-12-20)16-29(30,23(31)32)17-19-13-14-21(38-25(34)40-27(2,3)4)22(15-19)39-26(35)41-28(5,6)7/h8-15,18H,16-17,30H2,1-7H3,(H,31,32)/t18-,29?/m0/s1. The summed E-state index contributed by atoms with van der Waals surface area (Å²) in [7, 11) is 0. The summed E-state index contributed by atoms with van der Waals surface area (Å²) < 4.78 is 31.1. The number of carboxylic acids is 1. The number of benzene rings is 2. The van der Waals surface area contributed by atoms with Crippen LogP contribution in [0, 0.1) is 0 Å². The summed E-state index contributed by atoms with van der Waals surface area (Å²) >= 11 is 0. The van der Waals surface area contributed by atoms with Gasteiger partial charge in [-0.25, -0.2) is 14.4 Å². The minimum atomic E-state index is -1.91. The summed E-state index contributed by atoms with van der Waals surface area (Å²) in [6.07, 6.45) is -4.66. The second kappa shape index (κ2) is 13.4. The second-order valence-corrected chi connectivity index (χ2v) is 11.3. The van der Waals surface area contributed by atoms with Crippen LogP contribution in [0.3, 0.4) is 0 Å². The van der Waals surface area contributed by atoms with Gasteiger partial charge in [-0.1, -0.05) is 24.3 Å². The summed E-state index contributed by atoms with van der Waals surface area (Å²) in [6.45, 7) is 11.3. The molecule has 2 atom stereocenters. The van der Waals surface area contributed by atoms with E-state index in [1.165, 1.54) is 25.1 Å². The molecule has 12 nitrogen and oxygen atoms in total. The number of carbonyl (C=O) groups excluding carboxylic acids is 3. The van der Waals surface area contributed by atoms with Gasteiger partial charge in [0.05, 0.1) is 0 Å². The maximum absolute atomic E-state index is 12.4. The largest absolute Gasteiger partial charge is 0.514 e. The van der Waals surface area contributed by atoms with Crippen molar-refractivity contribution >= 4 is 24.4 Å². The normalized spacial score (nSPS) is 13.7. The first-order valence-electron chi connectivity index (χ1n) is 12.8. The molecule has 0 bridgehead atoms. The zero-order valence-electron chi connectivity index (χ0n) is 24.2. The minimum Gasteiger partial charge on any atom is -0.480 e. The van der Waals surface area contributed by atoms with E-state index in [4.69, 9.17) is 34.2 Å². The molecule has 224 valence electrons. The highest BCUT2D eigenvalue weighted by atomic mass is 16.8. The van der Waals surface area contributed by atoms with E-state index in [0.717, 1.165) is 0 Å². The van der Waals surface area contributed by atoms with Crippen LogP contribution in [0.4, 0.5) is 14.4 Å². The molecule has 0 amide bonds. The molecule has 0 heterocycles. The lowest BCUT2D eigenvalue weighted by Gasteiger charge is -2.28. The summed E-state index contributed by atoms with van der Waals surface area (Å²) in [5.41, 5.74) is 2.92. The van der Waals surface area contributed by atoms with Crippen molar-refractivity contribution in [3.05, 3.63) is 54.1 Å². The molecular weight excluding hydrogens is 538 g/mol. The van der Waals surface area contributed by atoms with E-state index in [1.54, 1.807) is 71.9 Å². The molecule has 0 aliphatic heterocycles. The fourth-order valence-electron chi connectivity index (χ4n) is 3.47. The molecule has 0 aromatic heterocycles. The number of nitrogens with two attached hydrogens (primary N) is 1. The molecule has 0 radical (unpaired) electrons. The van der Waals surface area contributed by atoms with Crippen molar-refractivity contribution in [2.75, 3.05) is 0 Å². The van der Waals surface area contributed by atoms with Crippen molar-refractivity contribution in [3.8, 4) is 17.2 Å². The second-order valence-electron chi connectivity index (χ2n) is 11.3. The van der Waals surface area contributed by atoms with E-state index in [1.807, 2.05) is 0 Å². The third kappa shape index (κ3) is 11.8. The van der Waals surface area contributed by atoms with E-state index in [0.29, 0.717) is 5.56 Å². The summed E-state index contributed by atoms with van der Waals surface area (Å²) in [6, 6.07) is 12.3. The minimum absolute atomic E-state index is 0.174. The molecule has 0 fully saturated rings. The summed E-state index contributed by atoms with van der Waals surface area (Å²) in [4.78, 5) is 49.0. The Kier molecular flexibility index (Phi) is 10.7. The first-order chi connectivity index (χ1) is 18.8. The summed E-state index contributed by atoms with van der Waals surface area (Å²) in [5, 5.41) is 9.95. The number of carbonyl (C=O) groups is 4. The Morgan fingerprint density at radius 3 is 1.83 bits per heavy atom. The molecule has 0 saturated carbocycles. The number of aliphatic carboxylic acids is 1. The average Bonchev–Trinajstić information content (AvgIpc) is 2.78. The first kappa shape index (κ1) is 32.9. The van der Waals surface area contributed by atoms with Gasteiger partial charge < -0.3 is 39.3 Å². The van der Waals surface area contributed by atoms with Crippen molar-refractivity contribution in [1.82, 2.24) is 0 Å². The zero-order valence-corrected chi connectivity index (χ0v) is 24.2. The number of ether oxygens (including phenoxy) is 6. The maximum atomic E-state index is 12.4. The number of hydrogen-bond acceptors (Lipinski definition) is 11. The highest BCUT2D eigenvalue weighted by Crippen LogP contribution is 2.32. The van der Waals surface area contributed by atoms with E-state index >= 15 is 0 Å². The van der Waals surface area contributed by atoms with E-state index in [2.05, 4.69) is 0 Å². The number of carboxylic acid groups (broad SMARTS) is 1. The number of hydrogen-bond donors (Lipinski definition) is 2. The van der Waals surface area contributed by atoms with E-state index in [9.17, 15) is 24.3 Å². The van der Waals surface area contributed by atoms with Crippen molar-refractivity contribution < 1.29 is 52.7 Å². The fourth-order valence-corrected chi connectivity index (χ4v) is 3.47. The molecule has 12 heteroatoms. The van der Waals surface area contributed by atoms with Gasteiger partial charge in [-0.2, -0.15) is 0 Å². The molecule has 41 heavy (non-hydrogen) atoms. The van der Waals surface area contributed by atoms with Gasteiger partial charge in [-0.05, 0) is 78.3 Å². The van der Waals surface area contributed by atoms with Crippen LogP contribution in [0.25, 0.3) is 0 Å². The van der Waals surface area contributed by atoms with Crippen molar-refractivity contribution in [2.24, 2.45) is 5.73 Å². The Morgan fingerprint density at radius 2 is 1.32 bits per heavy atom. The van der Waals surface area contributed by atoms with Crippen LogP contribution < -0.4 is 19.9 Å². The smallest absolute Gasteiger partial charge is 0.480 e. The highest BCUT2D eigenvalue weighted by molar-refractivity contribution is 5.79. The van der Waals surface area contributed by atoms with Crippen molar-refractivity contribution in [1.29, 1.82) is 0 Å². The van der Waals surface area contributed by atoms with E-state index in [-0.39, 0.29) is 30.1 Å². The van der Waals surface area contributed by atoms with Crippen LogP contribution in [-0.2, 0) is 25.4 Å². The lowest BCUT2D eigenvalue weighted by Crippen LogP contribution is -2.52. The van der Waals surface area contributed by atoms with Crippen molar-refractivity contribution in [3.63, 3.8) is 0 Å². The first-order valence-corrected chi connectivity index (χ1v) is 12.8. The fraction of sp³-hybridized carbons (Fsp3) is 0.448. The predicted octanol–water partition coefficient (Wildman–Crippen LogP) is 5.63. The SMILES string of the molecule is C[C@@H](CC(N)(Cc1ccc(OC(=O)OC(C)(C)C)c(OC(=O)OC(C)(C)C)c1)C(=O)O)OC(=O)Oc1ccccc1. The lowest BCUT2D eigenvalue weighted by molar-refractivity contribution is -0.144. The quantitative estimate of drug-likeness (QED) is 0.215. The Bertz CT molecular complexity index is 1230. The maximum Gasteiger partial charge on any atom is 0.514 e. The molecule has 2 aromatic rings. The average molecular weight is 576 g/mol. The van der Waals surface area contributed by atoms with Crippen LogP contribution in [0.2, 0.25) is 0 Å². The van der Waals surface area contributed by atoms with Crippen LogP contribution in [0.1, 0.15) is 60.5 Å². The van der Waals surface area contributed by atoms with Crippen LogP contribution in [-0.4, -0.2) is 52.4 Å². The van der Waals surface area contributed by atoms with Gasteiger partial charge in [0.25, 0.3) is 0 Å². The third-order valence-corrected chi connectivity index (χ3v) is 5.01.